The van der Waals surface area contributed by atoms with Gasteiger partial charge in [-0.25, -0.2) is 0 Å². The Balaban J connectivity index is 1.72. The monoisotopic (exact) mass is 324 g/mol. The zero-order chi connectivity index (χ0) is 14.8. The molecule has 3 rings (SSSR count). The van der Waals surface area contributed by atoms with Crippen molar-refractivity contribution in [2.75, 3.05) is 11.5 Å². The Morgan fingerprint density at radius 1 is 1.43 bits per heavy atom. The zero-order valence-corrected chi connectivity index (χ0v) is 12.6. The van der Waals surface area contributed by atoms with Crippen LogP contribution in [0.15, 0.2) is 34.9 Å². The van der Waals surface area contributed by atoms with Crippen LogP contribution in [0.4, 0.5) is 0 Å². The van der Waals surface area contributed by atoms with Crippen LogP contribution < -0.4 is 5.32 Å². The number of rotatable bonds is 3. The topological polar surface area (TPSA) is 72.2 Å². The second-order valence-corrected chi connectivity index (χ2v) is 6.91. The van der Waals surface area contributed by atoms with E-state index in [1.807, 2.05) is 6.07 Å². The number of hydrogen-bond donors (Lipinski definition) is 1. The summed E-state index contributed by atoms with van der Waals surface area (Å²) in [6.45, 7) is 0. The van der Waals surface area contributed by atoms with Gasteiger partial charge >= 0.3 is 0 Å². The number of benzene rings is 1. The molecule has 2 atom stereocenters. The summed E-state index contributed by atoms with van der Waals surface area (Å²) in [5.74, 6) is 0.943. The average Bonchev–Trinajstić information content (AvgIpc) is 3.08. The molecule has 1 aromatic heterocycles. The van der Waals surface area contributed by atoms with E-state index in [0.717, 1.165) is 12.0 Å². The van der Waals surface area contributed by atoms with Gasteiger partial charge in [-0.2, -0.15) is 0 Å². The van der Waals surface area contributed by atoms with Crippen LogP contribution in [-0.4, -0.2) is 32.8 Å². The molecule has 0 bridgehead atoms. The summed E-state index contributed by atoms with van der Waals surface area (Å²) in [6, 6.07) is 8.68. The van der Waals surface area contributed by atoms with Gasteiger partial charge in [0.1, 0.15) is 5.69 Å². The molecule has 1 saturated heterocycles. The zero-order valence-electron chi connectivity index (χ0n) is 11.0. The highest BCUT2D eigenvalue weighted by Crippen LogP contribution is 2.22. The third-order valence-electron chi connectivity index (χ3n) is 3.27. The van der Waals surface area contributed by atoms with E-state index in [0.29, 0.717) is 22.2 Å². The van der Waals surface area contributed by atoms with Crippen LogP contribution >= 0.6 is 11.6 Å². The molecule has 1 amide bonds. The molecule has 1 fully saturated rings. The molecule has 0 saturated carbocycles. The summed E-state index contributed by atoms with van der Waals surface area (Å²) in [5.41, 5.74) is 1.34. The molecule has 21 heavy (non-hydrogen) atoms. The number of halogens is 1. The van der Waals surface area contributed by atoms with Gasteiger partial charge in [0.25, 0.3) is 5.91 Å². The smallest absolute Gasteiger partial charge is 0.290 e. The Morgan fingerprint density at radius 2 is 2.29 bits per heavy atom. The van der Waals surface area contributed by atoms with Crippen LogP contribution in [0.5, 0.6) is 0 Å². The van der Waals surface area contributed by atoms with Crippen molar-refractivity contribution in [3.63, 3.8) is 0 Å². The summed E-state index contributed by atoms with van der Waals surface area (Å²) < 4.78 is 16.4. The van der Waals surface area contributed by atoms with Gasteiger partial charge in [-0.1, -0.05) is 28.9 Å². The van der Waals surface area contributed by atoms with Gasteiger partial charge in [0, 0.05) is 45.0 Å². The SMILES string of the molecule is O=C(N[C@H]1CC[S@@](=O)C1)c1cc(-c2cccc(Cl)c2)no1. The first-order valence-corrected chi connectivity index (χ1v) is 8.37. The average molecular weight is 325 g/mol. The van der Waals surface area contributed by atoms with Gasteiger partial charge in [0.2, 0.25) is 5.76 Å². The quantitative estimate of drug-likeness (QED) is 0.940. The first-order valence-electron chi connectivity index (χ1n) is 6.50. The maximum Gasteiger partial charge on any atom is 0.290 e. The molecule has 1 aromatic carbocycles. The Morgan fingerprint density at radius 3 is 3.00 bits per heavy atom. The molecule has 0 spiro atoms. The number of aromatic nitrogens is 1. The normalized spacial score (nSPS) is 21.4. The van der Waals surface area contributed by atoms with Crippen molar-refractivity contribution in [2.45, 2.75) is 12.5 Å². The van der Waals surface area contributed by atoms with Crippen molar-refractivity contribution in [3.8, 4) is 11.3 Å². The molecule has 2 heterocycles. The lowest BCUT2D eigenvalue weighted by Gasteiger charge is -2.08. The molecule has 0 radical (unpaired) electrons. The summed E-state index contributed by atoms with van der Waals surface area (Å²) >= 11 is 5.92. The van der Waals surface area contributed by atoms with E-state index in [-0.39, 0.29) is 17.7 Å². The lowest BCUT2D eigenvalue weighted by Crippen LogP contribution is -2.34. The van der Waals surface area contributed by atoms with Crippen LogP contribution in [0.25, 0.3) is 11.3 Å². The van der Waals surface area contributed by atoms with Crippen molar-refractivity contribution >= 4 is 28.3 Å². The van der Waals surface area contributed by atoms with Crippen molar-refractivity contribution in [1.29, 1.82) is 0 Å². The predicted octanol–water partition coefficient (Wildman–Crippen LogP) is 2.25. The third-order valence-corrected chi connectivity index (χ3v) is 4.97. The summed E-state index contributed by atoms with van der Waals surface area (Å²) in [6.07, 6.45) is 0.730. The Bertz CT molecular complexity index is 701. The minimum absolute atomic E-state index is 0.0574. The van der Waals surface area contributed by atoms with E-state index in [2.05, 4.69) is 10.5 Å². The first kappa shape index (κ1) is 14.3. The highest BCUT2D eigenvalue weighted by Gasteiger charge is 2.24. The molecule has 7 heteroatoms. The molecule has 5 nitrogen and oxygen atoms in total. The Hall–Kier alpha value is -1.66. The molecule has 2 aromatic rings. The fourth-order valence-corrected chi connectivity index (χ4v) is 3.80. The van der Waals surface area contributed by atoms with Gasteiger partial charge in [0.05, 0.1) is 0 Å². The molecule has 1 N–H and O–H groups in total. The van der Waals surface area contributed by atoms with Gasteiger partial charge in [-0.3, -0.25) is 9.00 Å². The lowest BCUT2D eigenvalue weighted by molar-refractivity contribution is 0.0904. The van der Waals surface area contributed by atoms with E-state index in [1.165, 1.54) is 0 Å². The summed E-state index contributed by atoms with van der Waals surface area (Å²) in [4.78, 5) is 12.0. The summed E-state index contributed by atoms with van der Waals surface area (Å²) in [7, 11) is -0.828. The van der Waals surface area contributed by atoms with Gasteiger partial charge in [0.15, 0.2) is 0 Å². The first-order chi connectivity index (χ1) is 10.1. The number of nitrogens with zero attached hydrogens (tertiary/aromatic N) is 1. The number of hydrogen-bond acceptors (Lipinski definition) is 4. The van der Waals surface area contributed by atoms with Crippen molar-refractivity contribution in [1.82, 2.24) is 10.5 Å². The molecule has 0 unspecified atom stereocenters. The number of amides is 1. The number of carbonyl (C=O) groups excluding carboxylic acids is 1. The highest BCUT2D eigenvalue weighted by molar-refractivity contribution is 7.85. The van der Waals surface area contributed by atoms with Crippen molar-refractivity contribution < 1.29 is 13.5 Å². The highest BCUT2D eigenvalue weighted by atomic mass is 35.5. The van der Waals surface area contributed by atoms with Crippen LogP contribution in [0.2, 0.25) is 5.02 Å². The minimum atomic E-state index is -0.828. The van der Waals surface area contributed by atoms with Gasteiger partial charge in [-0.15, -0.1) is 0 Å². The Kier molecular flexibility index (Phi) is 4.07. The van der Waals surface area contributed by atoms with Crippen LogP contribution in [0.3, 0.4) is 0 Å². The maximum absolute atomic E-state index is 12.0. The minimum Gasteiger partial charge on any atom is -0.350 e. The van der Waals surface area contributed by atoms with Crippen LogP contribution in [-0.2, 0) is 10.8 Å². The number of carbonyl (C=O) groups is 1. The summed E-state index contributed by atoms with van der Waals surface area (Å²) in [5, 5.41) is 7.29. The maximum atomic E-state index is 12.0. The van der Waals surface area contributed by atoms with E-state index in [4.69, 9.17) is 16.1 Å². The fraction of sp³-hybridized carbons (Fsp3) is 0.286. The standard InChI is InChI=1S/C14H13ClN2O3S/c15-10-3-1-2-9(6-10)12-7-13(20-17-12)14(18)16-11-4-5-21(19)8-11/h1-3,6-7,11H,4-5,8H2,(H,16,18)/t11-,21+/m0/s1. The number of nitrogens with one attached hydrogen (secondary N) is 1. The van der Waals surface area contributed by atoms with Crippen molar-refractivity contribution in [2.24, 2.45) is 0 Å². The fourth-order valence-electron chi connectivity index (χ4n) is 2.20. The Labute approximate surface area is 129 Å². The largest absolute Gasteiger partial charge is 0.350 e. The van der Waals surface area contributed by atoms with E-state index < -0.39 is 10.8 Å². The lowest BCUT2D eigenvalue weighted by atomic mass is 10.1. The molecular formula is C14H13ClN2O3S. The predicted molar refractivity (Wildman–Crippen MR) is 80.7 cm³/mol. The van der Waals surface area contributed by atoms with Gasteiger partial charge < -0.3 is 9.84 Å². The molecular weight excluding hydrogens is 312 g/mol. The van der Waals surface area contributed by atoms with Crippen LogP contribution in [0, 0.1) is 0 Å². The molecule has 0 aliphatic carbocycles. The molecule has 1 aliphatic heterocycles. The van der Waals surface area contributed by atoms with E-state index in [1.54, 1.807) is 24.3 Å². The third kappa shape index (κ3) is 3.33. The van der Waals surface area contributed by atoms with E-state index in [9.17, 15) is 9.00 Å². The second kappa shape index (κ2) is 5.99. The van der Waals surface area contributed by atoms with E-state index >= 15 is 0 Å². The van der Waals surface area contributed by atoms with Gasteiger partial charge in [-0.05, 0) is 18.6 Å². The van der Waals surface area contributed by atoms with Crippen LogP contribution in [0.1, 0.15) is 17.0 Å². The van der Waals surface area contributed by atoms with Crippen molar-refractivity contribution in [3.05, 3.63) is 41.1 Å². The molecule has 1 aliphatic rings. The second-order valence-electron chi connectivity index (χ2n) is 4.86. The molecule has 110 valence electrons.